The molecule has 0 bridgehead atoms. The van der Waals surface area contributed by atoms with Gasteiger partial charge in [0, 0.05) is 17.7 Å². The molecule has 27 heavy (non-hydrogen) atoms. The first kappa shape index (κ1) is 19.8. The fourth-order valence-electron chi connectivity index (χ4n) is 1.96. The summed E-state index contributed by atoms with van der Waals surface area (Å²) in [4.78, 5) is 32.5. The number of nitrogens with one attached hydrogen (secondary N) is 1. The van der Waals surface area contributed by atoms with Crippen LogP contribution in [0, 0.1) is 20.2 Å². The van der Waals surface area contributed by atoms with Crippen LogP contribution in [0.5, 0.6) is 5.75 Å². The number of nitro groups is 2. The highest BCUT2D eigenvalue weighted by Crippen LogP contribution is 2.27. The van der Waals surface area contributed by atoms with Crippen molar-refractivity contribution in [1.82, 2.24) is 5.43 Å². The number of rotatable bonds is 7. The number of hydrogen-bond acceptors (Lipinski definition) is 7. The normalized spacial score (nSPS) is 11.8. The minimum Gasteiger partial charge on any atom is -0.474 e. The van der Waals surface area contributed by atoms with Gasteiger partial charge in [-0.15, -0.1) is 0 Å². The molecule has 0 aromatic heterocycles. The highest BCUT2D eigenvalue weighted by molar-refractivity contribution is 6.32. The largest absolute Gasteiger partial charge is 0.474 e. The number of hydrogen-bond donors (Lipinski definition) is 1. The van der Waals surface area contributed by atoms with Crippen molar-refractivity contribution >= 4 is 35.1 Å². The van der Waals surface area contributed by atoms with Crippen LogP contribution in [0.4, 0.5) is 11.4 Å². The summed E-state index contributed by atoms with van der Waals surface area (Å²) in [7, 11) is 0. The molecule has 0 saturated carbocycles. The number of carbonyl (C=O) groups excluding carboxylic acids is 1. The predicted molar refractivity (Wildman–Crippen MR) is 97.0 cm³/mol. The van der Waals surface area contributed by atoms with Crippen LogP contribution in [0.1, 0.15) is 12.5 Å². The average Bonchev–Trinajstić information content (AvgIpc) is 2.63. The zero-order chi connectivity index (χ0) is 20.0. The summed E-state index contributed by atoms with van der Waals surface area (Å²) in [5, 5.41) is 25.4. The van der Waals surface area contributed by atoms with Crippen LogP contribution in [0.25, 0.3) is 0 Å². The number of amides is 1. The Morgan fingerprint density at radius 1 is 1.19 bits per heavy atom. The van der Waals surface area contributed by atoms with Crippen molar-refractivity contribution in [1.29, 1.82) is 0 Å². The Morgan fingerprint density at radius 3 is 2.52 bits per heavy atom. The number of ether oxygens (including phenoxy) is 1. The first-order valence-corrected chi connectivity index (χ1v) is 7.84. The number of nitrogens with zero attached hydrogens (tertiary/aromatic N) is 3. The Kier molecular flexibility index (Phi) is 6.39. The second kappa shape index (κ2) is 8.72. The summed E-state index contributed by atoms with van der Waals surface area (Å²) >= 11 is 5.71. The van der Waals surface area contributed by atoms with Crippen molar-refractivity contribution in [2.24, 2.45) is 5.10 Å². The van der Waals surface area contributed by atoms with E-state index in [1.165, 1.54) is 49.5 Å². The molecule has 0 saturated heterocycles. The zero-order valence-corrected chi connectivity index (χ0v) is 14.6. The summed E-state index contributed by atoms with van der Waals surface area (Å²) < 4.78 is 5.30. The van der Waals surface area contributed by atoms with Gasteiger partial charge >= 0.3 is 5.69 Å². The summed E-state index contributed by atoms with van der Waals surface area (Å²) in [6.07, 6.45) is 0.127. The van der Waals surface area contributed by atoms with E-state index in [1.807, 2.05) is 0 Å². The van der Waals surface area contributed by atoms with Gasteiger partial charge in [-0.2, -0.15) is 5.10 Å². The summed E-state index contributed by atoms with van der Waals surface area (Å²) in [5.74, 6) is -0.713. The molecule has 0 fully saturated rings. The maximum atomic E-state index is 12.0. The van der Waals surface area contributed by atoms with E-state index in [1.54, 1.807) is 6.07 Å². The number of carbonyl (C=O) groups is 1. The molecule has 10 nitrogen and oxygen atoms in total. The van der Waals surface area contributed by atoms with Gasteiger partial charge in [0.15, 0.2) is 11.9 Å². The van der Waals surface area contributed by atoms with Crippen molar-refractivity contribution in [3.8, 4) is 5.75 Å². The molecule has 0 aliphatic rings. The fourth-order valence-corrected chi connectivity index (χ4v) is 2.15. The highest BCUT2D eigenvalue weighted by Gasteiger charge is 2.20. The molecule has 140 valence electrons. The molecule has 0 aliphatic heterocycles. The number of nitro benzene ring substituents is 2. The van der Waals surface area contributed by atoms with Crippen LogP contribution in [-0.4, -0.2) is 28.1 Å². The minimum atomic E-state index is -1.07. The molecule has 11 heteroatoms. The summed E-state index contributed by atoms with van der Waals surface area (Å²) in [6, 6.07) is 9.67. The highest BCUT2D eigenvalue weighted by atomic mass is 35.5. The molecule has 2 rings (SSSR count). The van der Waals surface area contributed by atoms with Gasteiger partial charge in [0.25, 0.3) is 11.6 Å². The van der Waals surface area contributed by atoms with Crippen LogP contribution in [0.3, 0.4) is 0 Å². The quantitative estimate of drug-likeness (QED) is 0.436. The van der Waals surface area contributed by atoms with E-state index in [9.17, 15) is 25.0 Å². The van der Waals surface area contributed by atoms with Gasteiger partial charge < -0.3 is 4.74 Å². The molecule has 0 heterocycles. The van der Waals surface area contributed by atoms with Gasteiger partial charge in [-0.1, -0.05) is 29.8 Å². The van der Waals surface area contributed by atoms with E-state index in [0.29, 0.717) is 5.56 Å². The Balaban J connectivity index is 2.01. The van der Waals surface area contributed by atoms with E-state index in [-0.39, 0.29) is 22.1 Å². The maximum absolute atomic E-state index is 12.0. The average molecular weight is 393 g/mol. The lowest BCUT2D eigenvalue weighted by atomic mass is 10.2. The Bertz CT molecular complexity index is 918. The van der Waals surface area contributed by atoms with Crippen LogP contribution < -0.4 is 10.2 Å². The molecular weight excluding hydrogens is 380 g/mol. The predicted octanol–water partition coefficient (Wildman–Crippen LogP) is 3.07. The summed E-state index contributed by atoms with van der Waals surface area (Å²) in [5.41, 5.74) is 1.98. The number of para-hydroxylation sites is 2. The van der Waals surface area contributed by atoms with Crippen molar-refractivity contribution in [3.63, 3.8) is 0 Å². The van der Waals surface area contributed by atoms with Gasteiger partial charge in [-0.3, -0.25) is 25.0 Å². The van der Waals surface area contributed by atoms with E-state index < -0.39 is 21.9 Å². The molecule has 1 N–H and O–H groups in total. The molecule has 0 aliphatic carbocycles. The second-order valence-corrected chi connectivity index (χ2v) is 5.59. The molecule has 0 spiro atoms. The van der Waals surface area contributed by atoms with Gasteiger partial charge in [0.05, 0.1) is 16.1 Å². The minimum absolute atomic E-state index is 0.0207. The molecular formula is C16H13ClN4O6. The molecule has 1 atom stereocenters. The second-order valence-electron chi connectivity index (χ2n) is 5.19. The Hall–Kier alpha value is -3.53. The molecule has 2 aromatic rings. The van der Waals surface area contributed by atoms with Crippen LogP contribution in [0.15, 0.2) is 47.6 Å². The van der Waals surface area contributed by atoms with E-state index in [0.717, 1.165) is 0 Å². The van der Waals surface area contributed by atoms with Crippen LogP contribution >= 0.6 is 11.6 Å². The molecule has 2 aromatic carbocycles. The lowest BCUT2D eigenvalue weighted by molar-refractivity contribution is -0.386. The molecule has 0 radical (unpaired) electrons. The van der Waals surface area contributed by atoms with Crippen LogP contribution in [-0.2, 0) is 4.79 Å². The standard InChI is InChI=1S/C16H13ClN4O6/c1-10(27-15-5-3-2-4-13(15)20(23)24)16(22)19-18-9-11-6-7-12(17)14(8-11)21(25)26/h2-10H,1H3,(H,19,22)/t10-/m1/s1. The van der Waals surface area contributed by atoms with Crippen LogP contribution in [0.2, 0.25) is 5.02 Å². The molecule has 1 amide bonds. The zero-order valence-electron chi connectivity index (χ0n) is 13.9. The Morgan fingerprint density at radius 2 is 1.85 bits per heavy atom. The Labute approximate surface area is 157 Å². The topological polar surface area (TPSA) is 137 Å². The van der Waals surface area contributed by atoms with Gasteiger partial charge in [0.1, 0.15) is 5.02 Å². The van der Waals surface area contributed by atoms with Crippen molar-refractivity contribution in [3.05, 3.63) is 73.3 Å². The summed E-state index contributed by atoms with van der Waals surface area (Å²) in [6.45, 7) is 1.40. The lowest BCUT2D eigenvalue weighted by Gasteiger charge is -2.12. The number of benzene rings is 2. The monoisotopic (exact) mass is 392 g/mol. The van der Waals surface area contributed by atoms with Crippen molar-refractivity contribution < 1.29 is 19.4 Å². The van der Waals surface area contributed by atoms with Gasteiger partial charge in [-0.25, -0.2) is 5.43 Å². The third kappa shape index (κ3) is 5.22. The lowest BCUT2D eigenvalue weighted by Crippen LogP contribution is -2.33. The van der Waals surface area contributed by atoms with Gasteiger partial charge in [-0.05, 0) is 19.1 Å². The first-order valence-electron chi connectivity index (χ1n) is 7.46. The van der Waals surface area contributed by atoms with Crippen molar-refractivity contribution in [2.75, 3.05) is 0 Å². The third-order valence-corrected chi connectivity index (χ3v) is 3.61. The maximum Gasteiger partial charge on any atom is 0.310 e. The van der Waals surface area contributed by atoms with Crippen molar-refractivity contribution in [2.45, 2.75) is 13.0 Å². The molecule has 0 unspecified atom stereocenters. The van der Waals surface area contributed by atoms with E-state index in [2.05, 4.69) is 10.5 Å². The van der Waals surface area contributed by atoms with Gasteiger partial charge in [0.2, 0.25) is 0 Å². The third-order valence-electron chi connectivity index (χ3n) is 3.29. The smallest absolute Gasteiger partial charge is 0.310 e. The number of hydrazone groups is 1. The number of halogens is 1. The fraction of sp³-hybridized carbons (Fsp3) is 0.125. The SMILES string of the molecule is C[C@@H](Oc1ccccc1[N+](=O)[O-])C(=O)NN=Cc1ccc(Cl)c([N+](=O)[O-])c1. The first-order chi connectivity index (χ1) is 12.8. The van der Waals surface area contributed by atoms with E-state index in [4.69, 9.17) is 16.3 Å². The van der Waals surface area contributed by atoms with E-state index >= 15 is 0 Å².